The predicted molar refractivity (Wildman–Crippen MR) is 131 cm³/mol. The molecule has 0 atom stereocenters. The molecule has 33 heavy (non-hydrogen) atoms. The van der Waals surface area contributed by atoms with Crippen molar-refractivity contribution in [2.24, 2.45) is 0 Å². The third-order valence-corrected chi connectivity index (χ3v) is 5.76. The Hall–Kier alpha value is -2.78. The van der Waals surface area contributed by atoms with Gasteiger partial charge < -0.3 is 19.9 Å². The van der Waals surface area contributed by atoms with Crippen LogP contribution in [0.25, 0.3) is 0 Å². The Balaban J connectivity index is 1.98. The first-order valence-corrected chi connectivity index (χ1v) is 12.1. The lowest BCUT2D eigenvalue weighted by molar-refractivity contribution is -0.130. The number of thiazole rings is 1. The molecular formula is C24H34N4O4S. The lowest BCUT2D eigenvalue weighted by atomic mass is 10.1. The molecule has 1 aromatic carbocycles. The van der Waals surface area contributed by atoms with Crippen LogP contribution in [-0.2, 0) is 20.7 Å². The smallest absolute Gasteiger partial charge is 0.254 e. The van der Waals surface area contributed by atoms with Crippen LogP contribution < -0.4 is 5.32 Å². The van der Waals surface area contributed by atoms with Crippen molar-refractivity contribution in [1.82, 2.24) is 14.8 Å². The SMILES string of the molecule is CCCN(CCC)C(=O)Cc1csc(NC(=O)CN(CCOC)C(=O)c2ccc(C)cc2)n1. The number of nitrogens with one attached hydrogen (secondary N) is 1. The van der Waals surface area contributed by atoms with Crippen LogP contribution in [0.2, 0.25) is 0 Å². The van der Waals surface area contributed by atoms with E-state index in [1.807, 2.05) is 37.8 Å². The topological polar surface area (TPSA) is 91.8 Å². The minimum atomic E-state index is -0.350. The third kappa shape index (κ3) is 8.58. The van der Waals surface area contributed by atoms with Crippen molar-refractivity contribution in [2.75, 3.05) is 45.2 Å². The normalized spacial score (nSPS) is 10.7. The minimum absolute atomic E-state index is 0.0383. The van der Waals surface area contributed by atoms with E-state index < -0.39 is 0 Å². The zero-order valence-corrected chi connectivity index (χ0v) is 20.7. The molecule has 9 heteroatoms. The molecule has 0 aliphatic heterocycles. The van der Waals surface area contributed by atoms with E-state index in [1.54, 1.807) is 24.6 Å². The summed E-state index contributed by atoms with van der Waals surface area (Å²) in [5.74, 6) is -0.548. The van der Waals surface area contributed by atoms with Crippen molar-refractivity contribution in [3.63, 3.8) is 0 Å². The summed E-state index contributed by atoms with van der Waals surface area (Å²) in [6, 6.07) is 7.23. The molecule has 0 saturated carbocycles. The number of amides is 3. The molecule has 0 saturated heterocycles. The van der Waals surface area contributed by atoms with E-state index in [4.69, 9.17) is 4.74 Å². The van der Waals surface area contributed by atoms with Gasteiger partial charge in [0.25, 0.3) is 5.91 Å². The first-order valence-electron chi connectivity index (χ1n) is 11.2. The fourth-order valence-electron chi connectivity index (χ4n) is 3.28. The van der Waals surface area contributed by atoms with Crippen LogP contribution in [0.3, 0.4) is 0 Å². The highest BCUT2D eigenvalue weighted by Crippen LogP contribution is 2.17. The number of ether oxygens (including phenoxy) is 1. The standard InChI is InChI=1S/C24H34N4O4S/c1-5-11-27(12-6-2)22(30)15-20-17-33-24(25-20)26-21(29)16-28(13-14-32-4)23(31)19-9-7-18(3)8-10-19/h7-10,17H,5-6,11-16H2,1-4H3,(H,25,26,29). The number of aryl methyl sites for hydroxylation is 1. The summed E-state index contributed by atoms with van der Waals surface area (Å²) in [7, 11) is 1.55. The second-order valence-electron chi connectivity index (χ2n) is 7.84. The molecule has 0 aliphatic rings. The summed E-state index contributed by atoms with van der Waals surface area (Å²) in [6.45, 7) is 7.99. The Morgan fingerprint density at radius 3 is 2.30 bits per heavy atom. The van der Waals surface area contributed by atoms with Gasteiger partial charge in [-0.25, -0.2) is 4.98 Å². The molecule has 8 nitrogen and oxygen atoms in total. The number of hydrogen-bond acceptors (Lipinski definition) is 6. The van der Waals surface area contributed by atoms with Crippen LogP contribution in [0.5, 0.6) is 0 Å². The number of nitrogens with zero attached hydrogens (tertiary/aromatic N) is 3. The van der Waals surface area contributed by atoms with Gasteiger partial charge in [-0.15, -0.1) is 11.3 Å². The van der Waals surface area contributed by atoms with Crippen LogP contribution in [0.15, 0.2) is 29.6 Å². The molecular weight excluding hydrogens is 440 g/mol. The largest absolute Gasteiger partial charge is 0.383 e. The molecule has 1 aromatic heterocycles. The summed E-state index contributed by atoms with van der Waals surface area (Å²) in [5, 5.41) is 4.94. The van der Waals surface area contributed by atoms with Gasteiger partial charge in [0.15, 0.2) is 5.13 Å². The third-order valence-electron chi connectivity index (χ3n) is 4.96. The maximum atomic E-state index is 12.9. The Labute approximate surface area is 199 Å². The molecule has 2 aromatic rings. The van der Waals surface area contributed by atoms with Crippen LogP contribution in [0.4, 0.5) is 5.13 Å². The lowest BCUT2D eigenvalue weighted by Gasteiger charge is -2.22. The molecule has 0 spiro atoms. The fourth-order valence-corrected chi connectivity index (χ4v) is 4.00. The van der Waals surface area contributed by atoms with Crippen LogP contribution in [0.1, 0.15) is 48.3 Å². The minimum Gasteiger partial charge on any atom is -0.383 e. The lowest BCUT2D eigenvalue weighted by Crippen LogP contribution is -2.40. The Bertz CT molecular complexity index is 907. The van der Waals surface area contributed by atoms with E-state index >= 15 is 0 Å². The fraction of sp³-hybridized carbons (Fsp3) is 0.500. The monoisotopic (exact) mass is 474 g/mol. The average Bonchev–Trinajstić information content (AvgIpc) is 3.22. The highest BCUT2D eigenvalue weighted by atomic mass is 32.1. The number of hydrogen-bond donors (Lipinski definition) is 1. The van der Waals surface area contributed by atoms with Crippen LogP contribution >= 0.6 is 11.3 Å². The van der Waals surface area contributed by atoms with Crippen molar-refractivity contribution in [1.29, 1.82) is 0 Å². The van der Waals surface area contributed by atoms with Crippen LogP contribution in [-0.4, -0.2) is 72.4 Å². The first-order chi connectivity index (χ1) is 15.9. The molecule has 180 valence electrons. The van der Waals surface area contributed by atoms with Gasteiger partial charge in [-0.3, -0.25) is 14.4 Å². The number of rotatable bonds is 13. The zero-order valence-electron chi connectivity index (χ0n) is 19.9. The average molecular weight is 475 g/mol. The first kappa shape index (κ1) is 26.5. The number of anilines is 1. The molecule has 2 rings (SSSR count). The summed E-state index contributed by atoms with van der Waals surface area (Å²) in [4.78, 5) is 45.7. The van der Waals surface area contributed by atoms with E-state index in [1.165, 1.54) is 16.2 Å². The molecule has 0 aliphatic carbocycles. The van der Waals surface area contributed by atoms with Gasteiger partial charge in [-0.05, 0) is 31.9 Å². The zero-order chi connectivity index (χ0) is 24.2. The van der Waals surface area contributed by atoms with Gasteiger partial charge >= 0.3 is 0 Å². The molecule has 1 heterocycles. The van der Waals surface area contributed by atoms with Gasteiger partial charge in [0, 0.05) is 37.7 Å². The van der Waals surface area contributed by atoms with Crippen molar-refractivity contribution in [2.45, 2.75) is 40.0 Å². The highest BCUT2D eigenvalue weighted by Gasteiger charge is 2.20. The number of aromatic nitrogens is 1. The van der Waals surface area contributed by atoms with Crippen molar-refractivity contribution < 1.29 is 19.1 Å². The molecule has 0 fully saturated rings. The Kier molecular flexibility index (Phi) is 11.0. The number of methoxy groups -OCH3 is 1. The van der Waals surface area contributed by atoms with Crippen LogP contribution in [0, 0.1) is 6.92 Å². The van der Waals surface area contributed by atoms with Crippen molar-refractivity contribution in [3.8, 4) is 0 Å². The molecule has 1 N–H and O–H groups in total. The van der Waals surface area contributed by atoms with Crippen molar-refractivity contribution in [3.05, 3.63) is 46.5 Å². The van der Waals surface area contributed by atoms with Gasteiger partial charge in [0.2, 0.25) is 11.8 Å². The maximum absolute atomic E-state index is 12.9. The van der Waals surface area contributed by atoms with E-state index in [2.05, 4.69) is 10.3 Å². The Morgan fingerprint density at radius 2 is 1.70 bits per heavy atom. The van der Waals surface area contributed by atoms with E-state index in [0.29, 0.717) is 29.5 Å². The highest BCUT2D eigenvalue weighted by molar-refractivity contribution is 7.13. The van der Waals surface area contributed by atoms with Gasteiger partial charge in [-0.1, -0.05) is 31.5 Å². The molecule has 0 unspecified atom stereocenters. The number of carbonyl (C=O) groups excluding carboxylic acids is 3. The number of carbonyl (C=O) groups is 3. The van der Waals surface area contributed by atoms with Gasteiger partial charge in [-0.2, -0.15) is 0 Å². The summed E-state index contributed by atoms with van der Waals surface area (Å²) in [6.07, 6.45) is 2.02. The Morgan fingerprint density at radius 1 is 1.03 bits per heavy atom. The maximum Gasteiger partial charge on any atom is 0.254 e. The van der Waals surface area contributed by atoms with E-state index in [-0.39, 0.29) is 30.7 Å². The molecule has 0 radical (unpaired) electrons. The quantitative estimate of drug-likeness (QED) is 0.481. The van der Waals surface area contributed by atoms with Gasteiger partial charge in [0.1, 0.15) is 6.54 Å². The van der Waals surface area contributed by atoms with E-state index in [9.17, 15) is 14.4 Å². The second-order valence-corrected chi connectivity index (χ2v) is 8.69. The predicted octanol–water partition coefficient (Wildman–Crippen LogP) is 3.37. The second kappa shape index (κ2) is 13.7. The summed E-state index contributed by atoms with van der Waals surface area (Å²) < 4.78 is 5.10. The van der Waals surface area contributed by atoms with Crippen molar-refractivity contribution >= 4 is 34.2 Å². The van der Waals surface area contributed by atoms with E-state index in [0.717, 1.165) is 31.5 Å². The van der Waals surface area contributed by atoms with Gasteiger partial charge in [0.05, 0.1) is 18.7 Å². The number of benzene rings is 1. The molecule has 3 amide bonds. The summed E-state index contributed by atoms with van der Waals surface area (Å²) >= 11 is 1.27. The molecule has 0 bridgehead atoms. The summed E-state index contributed by atoms with van der Waals surface area (Å²) in [5.41, 5.74) is 2.20.